The van der Waals surface area contributed by atoms with Gasteiger partial charge in [0.15, 0.2) is 0 Å². The second kappa shape index (κ2) is 8.46. The van der Waals surface area contributed by atoms with Crippen LogP contribution in [0, 0.1) is 0 Å². The summed E-state index contributed by atoms with van der Waals surface area (Å²) in [5, 5.41) is 2.60. The predicted octanol–water partition coefficient (Wildman–Crippen LogP) is 4.63. The maximum Gasteiger partial charge on any atom is 0.573 e. The summed E-state index contributed by atoms with van der Waals surface area (Å²) in [5.74, 6) is 0.152. The number of hydrogen-bond acceptors (Lipinski definition) is 4. The van der Waals surface area contributed by atoms with Gasteiger partial charge in [-0.2, -0.15) is 0 Å². The molecule has 2 aromatic rings. The molecule has 1 amide bonds. The lowest BCUT2D eigenvalue weighted by Crippen LogP contribution is -2.17. The number of rotatable bonds is 7. The molecule has 26 heavy (non-hydrogen) atoms. The highest BCUT2D eigenvalue weighted by atomic mass is 19.4. The molecule has 2 rings (SSSR count). The summed E-state index contributed by atoms with van der Waals surface area (Å²) in [5.41, 5.74) is 0.624. The Morgan fingerprint density at radius 2 is 1.46 bits per heavy atom. The van der Waals surface area contributed by atoms with Crippen molar-refractivity contribution in [2.45, 2.75) is 20.2 Å². The lowest BCUT2D eigenvalue weighted by atomic mass is 10.1. The Hall–Kier alpha value is -2.90. The Kier molecular flexibility index (Phi) is 6.32. The van der Waals surface area contributed by atoms with Crippen LogP contribution in [0.5, 0.6) is 17.2 Å². The molecule has 0 aliphatic rings. The second-order valence-corrected chi connectivity index (χ2v) is 5.09. The first-order chi connectivity index (χ1) is 12.3. The number of benzene rings is 2. The summed E-state index contributed by atoms with van der Waals surface area (Å²) in [6.45, 7) is 4.49. The van der Waals surface area contributed by atoms with Gasteiger partial charge in [0.25, 0.3) is 5.91 Å². The van der Waals surface area contributed by atoms with E-state index in [2.05, 4.69) is 10.1 Å². The van der Waals surface area contributed by atoms with E-state index in [9.17, 15) is 18.0 Å². The molecule has 0 bridgehead atoms. The first-order valence-corrected chi connectivity index (χ1v) is 7.88. The average Bonchev–Trinajstić information content (AvgIpc) is 2.56. The molecule has 140 valence electrons. The van der Waals surface area contributed by atoms with Gasteiger partial charge in [-0.15, -0.1) is 13.2 Å². The molecule has 0 unspecified atom stereocenters. The molecular weight excluding hydrogens is 351 g/mol. The number of ether oxygens (including phenoxy) is 3. The lowest BCUT2D eigenvalue weighted by Gasteiger charge is -2.12. The Balaban J connectivity index is 2.13. The van der Waals surface area contributed by atoms with E-state index in [0.29, 0.717) is 36.0 Å². The second-order valence-electron chi connectivity index (χ2n) is 5.09. The van der Waals surface area contributed by atoms with Crippen LogP contribution in [-0.4, -0.2) is 25.5 Å². The first kappa shape index (κ1) is 19.4. The van der Waals surface area contributed by atoms with Gasteiger partial charge in [0, 0.05) is 17.3 Å². The van der Waals surface area contributed by atoms with Gasteiger partial charge in [0.1, 0.15) is 17.2 Å². The number of alkyl halides is 3. The molecule has 0 saturated heterocycles. The normalized spacial score (nSPS) is 11.0. The quantitative estimate of drug-likeness (QED) is 0.773. The van der Waals surface area contributed by atoms with Gasteiger partial charge in [-0.05, 0) is 50.2 Å². The summed E-state index contributed by atoms with van der Waals surface area (Å²) >= 11 is 0. The molecule has 0 radical (unpaired) electrons. The fourth-order valence-corrected chi connectivity index (χ4v) is 2.15. The van der Waals surface area contributed by atoms with Crippen molar-refractivity contribution in [1.82, 2.24) is 0 Å². The van der Waals surface area contributed by atoms with Crippen molar-refractivity contribution < 1.29 is 32.2 Å². The SMILES string of the molecule is CCOc1cc(OCC)cc(C(=O)Nc2ccc(OC(F)(F)F)cc2)c1. The van der Waals surface area contributed by atoms with Gasteiger partial charge >= 0.3 is 6.36 Å². The number of halogens is 3. The van der Waals surface area contributed by atoms with Crippen molar-refractivity contribution in [3.63, 3.8) is 0 Å². The van der Waals surface area contributed by atoms with E-state index in [-0.39, 0.29) is 5.75 Å². The van der Waals surface area contributed by atoms with E-state index in [1.165, 1.54) is 12.1 Å². The highest BCUT2D eigenvalue weighted by Crippen LogP contribution is 2.26. The molecule has 0 heterocycles. The molecule has 0 saturated carbocycles. The third-order valence-corrected chi connectivity index (χ3v) is 3.11. The van der Waals surface area contributed by atoms with E-state index < -0.39 is 12.3 Å². The minimum absolute atomic E-state index is 0.301. The molecule has 5 nitrogen and oxygen atoms in total. The Morgan fingerprint density at radius 3 is 1.92 bits per heavy atom. The minimum atomic E-state index is -4.76. The smallest absolute Gasteiger partial charge is 0.494 e. The van der Waals surface area contributed by atoms with Crippen molar-refractivity contribution in [3.8, 4) is 17.2 Å². The molecule has 0 aromatic heterocycles. The van der Waals surface area contributed by atoms with Gasteiger partial charge in [0.05, 0.1) is 13.2 Å². The van der Waals surface area contributed by atoms with Gasteiger partial charge in [-0.25, -0.2) is 0 Å². The topological polar surface area (TPSA) is 56.8 Å². The fraction of sp³-hybridized carbons (Fsp3) is 0.278. The monoisotopic (exact) mass is 369 g/mol. The molecule has 0 aliphatic heterocycles. The molecule has 0 aliphatic carbocycles. The van der Waals surface area contributed by atoms with E-state index in [1.807, 2.05) is 13.8 Å². The standard InChI is InChI=1S/C18H18F3NO4/c1-3-24-15-9-12(10-16(11-15)25-4-2)17(23)22-13-5-7-14(8-6-13)26-18(19,20)21/h5-11H,3-4H2,1-2H3,(H,22,23). The maximum absolute atomic E-state index is 12.4. The Morgan fingerprint density at radius 1 is 0.923 bits per heavy atom. The van der Waals surface area contributed by atoms with Crippen LogP contribution in [0.3, 0.4) is 0 Å². The summed E-state index contributed by atoms with van der Waals surface area (Å²) < 4.78 is 51.1. The van der Waals surface area contributed by atoms with E-state index in [4.69, 9.17) is 9.47 Å². The molecular formula is C18H18F3NO4. The van der Waals surface area contributed by atoms with Crippen molar-refractivity contribution in [3.05, 3.63) is 48.0 Å². The molecule has 8 heteroatoms. The van der Waals surface area contributed by atoms with Crippen LogP contribution in [0.25, 0.3) is 0 Å². The zero-order valence-electron chi connectivity index (χ0n) is 14.2. The van der Waals surface area contributed by atoms with Crippen molar-refractivity contribution in [2.24, 2.45) is 0 Å². The van der Waals surface area contributed by atoms with Gasteiger partial charge < -0.3 is 19.5 Å². The average molecular weight is 369 g/mol. The highest BCUT2D eigenvalue weighted by molar-refractivity contribution is 6.04. The Labute approximate surface area is 148 Å². The van der Waals surface area contributed by atoms with E-state index >= 15 is 0 Å². The van der Waals surface area contributed by atoms with Crippen molar-refractivity contribution in [2.75, 3.05) is 18.5 Å². The minimum Gasteiger partial charge on any atom is -0.494 e. The van der Waals surface area contributed by atoms with E-state index in [1.54, 1.807) is 18.2 Å². The van der Waals surface area contributed by atoms with Gasteiger partial charge in [-0.3, -0.25) is 4.79 Å². The lowest BCUT2D eigenvalue weighted by molar-refractivity contribution is -0.274. The van der Waals surface area contributed by atoms with Gasteiger partial charge in [-0.1, -0.05) is 0 Å². The van der Waals surface area contributed by atoms with Crippen LogP contribution >= 0.6 is 0 Å². The Bertz CT molecular complexity index is 721. The summed E-state index contributed by atoms with van der Waals surface area (Å²) in [6.07, 6.45) is -4.76. The van der Waals surface area contributed by atoms with Crippen LogP contribution < -0.4 is 19.5 Å². The van der Waals surface area contributed by atoms with Crippen molar-refractivity contribution in [1.29, 1.82) is 0 Å². The highest BCUT2D eigenvalue weighted by Gasteiger charge is 2.30. The third-order valence-electron chi connectivity index (χ3n) is 3.11. The molecule has 0 atom stereocenters. The van der Waals surface area contributed by atoms with Crippen LogP contribution in [-0.2, 0) is 0 Å². The molecule has 2 aromatic carbocycles. The van der Waals surface area contributed by atoms with E-state index in [0.717, 1.165) is 12.1 Å². The summed E-state index contributed by atoms with van der Waals surface area (Å²) in [4.78, 5) is 12.4. The van der Waals surface area contributed by atoms with Crippen LogP contribution in [0.4, 0.5) is 18.9 Å². The number of amides is 1. The number of hydrogen-bond donors (Lipinski definition) is 1. The number of anilines is 1. The third kappa shape index (κ3) is 5.87. The maximum atomic E-state index is 12.4. The predicted molar refractivity (Wildman–Crippen MR) is 89.9 cm³/mol. The number of carbonyl (C=O) groups excluding carboxylic acids is 1. The zero-order chi connectivity index (χ0) is 19.2. The number of nitrogens with one attached hydrogen (secondary N) is 1. The van der Waals surface area contributed by atoms with Crippen LogP contribution in [0.15, 0.2) is 42.5 Å². The fourth-order valence-electron chi connectivity index (χ4n) is 2.15. The largest absolute Gasteiger partial charge is 0.573 e. The van der Waals surface area contributed by atoms with Crippen molar-refractivity contribution >= 4 is 11.6 Å². The van der Waals surface area contributed by atoms with Crippen LogP contribution in [0.2, 0.25) is 0 Å². The summed E-state index contributed by atoms with van der Waals surface area (Å²) in [6, 6.07) is 9.65. The summed E-state index contributed by atoms with van der Waals surface area (Å²) in [7, 11) is 0. The first-order valence-electron chi connectivity index (χ1n) is 7.88. The van der Waals surface area contributed by atoms with Gasteiger partial charge in [0.2, 0.25) is 0 Å². The zero-order valence-corrected chi connectivity index (χ0v) is 14.2. The molecule has 1 N–H and O–H groups in total. The molecule has 0 fully saturated rings. The molecule has 0 spiro atoms. The number of carbonyl (C=O) groups is 1. The van der Waals surface area contributed by atoms with Crippen LogP contribution in [0.1, 0.15) is 24.2 Å².